The molecule has 0 saturated heterocycles. The second kappa shape index (κ2) is 10.8. The maximum absolute atomic E-state index is 9.88. The van der Waals surface area contributed by atoms with Crippen molar-refractivity contribution in [2.75, 3.05) is 0 Å². The van der Waals surface area contributed by atoms with Crippen molar-refractivity contribution < 1.29 is 46.5 Å². The predicted molar refractivity (Wildman–Crippen MR) is 63.4 cm³/mol. The number of hydrogen-bond acceptors (Lipinski definition) is 12. The fraction of sp³-hybridized carbons (Fsp3) is 0. The fourth-order valence-electron chi connectivity index (χ4n) is 0.757. The molecule has 0 spiro atoms. The van der Waals surface area contributed by atoms with Crippen LogP contribution < -0.4 is 0 Å². The van der Waals surface area contributed by atoms with Crippen LogP contribution in [-0.2, 0) is 16.8 Å². The van der Waals surface area contributed by atoms with Crippen molar-refractivity contribution in [1.82, 2.24) is 61.9 Å². The Morgan fingerprint density at radius 3 is 0.920 bits per heavy atom. The van der Waals surface area contributed by atoms with Gasteiger partial charge in [0, 0.05) is 16.8 Å². The van der Waals surface area contributed by atoms with Crippen LogP contribution in [0.5, 0.6) is 0 Å². The van der Waals surface area contributed by atoms with Gasteiger partial charge in [0.05, 0.1) is 0 Å². The molecular formula is C6H6CoN12O6. The fourth-order valence-corrected chi connectivity index (χ4v) is 0.757. The maximum Gasteiger partial charge on any atom is 0.377 e. The molecule has 25 heavy (non-hydrogen) atoms. The van der Waals surface area contributed by atoms with E-state index in [1.165, 1.54) is 0 Å². The molecule has 6 N–H and O–H groups in total. The van der Waals surface area contributed by atoms with E-state index in [0.717, 1.165) is 0 Å². The van der Waals surface area contributed by atoms with Crippen LogP contribution in [0.15, 0.2) is 0 Å². The molecule has 18 nitrogen and oxygen atoms in total. The minimum absolute atomic E-state index is 0. The van der Waals surface area contributed by atoms with Crippen LogP contribution in [0.2, 0.25) is 0 Å². The summed E-state index contributed by atoms with van der Waals surface area (Å²) in [5, 5.41) is 58.4. The first kappa shape index (κ1) is 21.1. The Kier molecular flexibility index (Phi) is 9.12. The second-order valence-electron chi connectivity index (χ2n) is 3.12. The van der Waals surface area contributed by atoms with Crippen LogP contribution >= 0.6 is 0 Å². The number of nitrogens with one attached hydrogen (secondary N) is 3. The SMILES string of the molecule is O=C(O)c1nn[nH]n1.O=C(O)c1nn[nH]n1.O=C(O)c1nn[nH]n1.[Co]. The van der Waals surface area contributed by atoms with Crippen LogP contribution in [0.3, 0.4) is 0 Å². The van der Waals surface area contributed by atoms with E-state index in [1.54, 1.807) is 0 Å². The molecule has 0 aliphatic heterocycles. The van der Waals surface area contributed by atoms with Crippen molar-refractivity contribution >= 4 is 17.9 Å². The van der Waals surface area contributed by atoms with Gasteiger partial charge in [0.2, 0.25) is 0 Å². The second-order valence-corrected chi connectivity index (χ2v) is 3.12. The van der Waals surface area contributed by atoms with Gasteiger partial charge in [0.25, 0.3) is 17.5 Å². The summed E-state index contributed by atoms with van der Waals surface area (Å²) in [4.78, 5) is 29.6. The number of hydrogen-bond donors (Lipinski definition) is 6. The quantitative estimate of drug-likeness (QED) is 0.250. The van der Waals surface area contributed by atoms with E-state index < -0.39 is 17.9 Å². The van der Waals surface area contributed by atoms with Gasteiger partial charge in [-0.05, 0) is 15.6 Å². The van der Waals surface area contributed by atoms with Gasteiger partial charge in [0.15, 0.2) is 0 Å². The Bertz CT molecular complexity index is 651. The Morgan fingerprint density at radius 2 is 0.840 bits per heavy atom. The Labute approximate surface area is 144 Å². The summed E-state index contributed by atoms with van der Waals surface area (Å²) in [6.45, 7) is 0. The van der Waals surface area contributed by atoms with Crippen molar-refractivity contribution in [3.8, 4) is 0 Å². The number of H-pyrrole nitrogens is 3. The third-order valence-electron chi connectivity index (χ3n) is 1.61. The van der Waals surface area contributed by atoms with Crippen LogP contribution in [-0.4, -0.2) is 95.1 Å². The van der Waals surface area contributed by atoms with Crippen LogP contribution in [0.4, 0.5) is 0 Å². The van der Waals surface area contributed by atoms with Gasteiger partial charge < -0.3 is 15.3 Å². The smallest absolute Gasteiger partial charge is 0.377 e. The van der Waals surface area contributed by atoms with Crippen molar-refractivity contribution in [2.45, 2.75) is 0 Å². The number of aromatic amines is 3. The average Bonchev–Trinajstić information content (AvgIpc) is 3.29. The van der Waals surface area contributed by atoms with E-state index in [-0.39, 0.29) is 34.3 Å². The number of aromatic nitrogens is 12. The standard InChI is InChI=1S/3C2H2N4O2.Co/c3*7-2(8)1-3-5-6-4-1;/h3*(H,7,8)(H,3,4,5,6);. The summed E-state index contributed by atoms with van der Waals surface area (Å²) in [6.07, 6.45) is 0. The minimum Gasteiger partial charge on any atom is -0.475 e. The maximum atomic E-state index is 9.88. The van der Waals surface area contributed by atoms with Crippen molar-refractivity contribution in [3.05, 3.63) is 17.5 Å². The zero-order valence-electron chi connectivity index (χ0n) is 11.4. The first-order valence-corrected chi connectivity index (χ1v) is 5.32. The van der Waals surface area contributed by atoms with Crippen LogP contribution in [0.1, 0.15) is 31.9 Å². The number of tetrazole rings is 3. The molecule has 0 aliphatic carbocycles. The van der Waals surface area contributed by atoms with Gasteiger partial charge in [-0.1, -0.05) is 0 Å². The summed E-state index contributed by atoms with van der Waals surface area (Å²) < 4.78 is 0. The molecule has 0 unspecified atom stereocenters. The summed E-state index contributed by atoms with van der Waals surface area (Å²) in [7, 11) is 0. The molecule has 3 heterocycles. The molecule has 0 amide bonds. The molecule has 0 atom stereocenters. The molecule has 1 radical (unpaired) electrons. The topological polar surface area (TPSA) is 275 Å². The van der Waals surface area contributed by atoms with E-state index in [9.17, 15) is 14.4 Å². The van der Waals surface area contributed by atoms with Crippen molar-refractivity contribution in [1.29, 1.82) is 0 Å². The van der Waals surface area contributed by atoms with Gasteiger partial charge >= 0.3 is 17.9 Å². The molecular weight excluding hydrogens is 395 g/mol. The molecule has 3 aromatic rings. The first-order chi connectivity index (χ1) is 11.4. The normalized spacial score (nSPS) is 8.64. The molecule has 135 valence electrons. The monoisotopic (exact) mass is 401 g/mol. The number of carboxylic acid groups (broad SMARTS) is 3. The molecule has 0 bridgehead atoms. The Balaban J connectivity index is 0.000000339. The third kappa shape index (κ3) is 7.80. The van der Waals surface area contributed by atoms with Gasteiger partial charge in [-0.15, -0.1) is 30.6 Å². The number of rotatable bonds is 3. The summed E-state index contributed by atoms with van der Waals surface area (Å²) in [5.74, 6) is -4.49. The average molecular weight is 401 g/mol. The molecule has 0 aliphatic rings. The van der Waals surface area contributed by atoms with Gasteiger partial charge in [-0.3, -0.25) is 0 Å². The van der Waals surface area contributed by atoms with Crippen molar-refractivity contribution in [2.24, 2.45) is 0 Å². The summed E-state index contributed by atoms with van der Waals surface area (Å²) in [6, 6.07) is 0. The van der Waals surface area contributed by atoms with Crippen LogP contribution in [0, 0.1) is 0 Å². The number of carboxylic acids is 3. The predicted octanol–water partition coefficient (Wildman–Crippen LogP) is -3.31. The van der Waals surface area contributed by atoms with Gasteiger partial charge in [-0.2, -0.15) is 15.6 Å². The van der Waals surface area contributed by atoms with Gasteiger partial charge in [0.1, 0.15) is 0 Å². The van der Waals surface area contributed by atoms with E-state index in [2.05, 4.69) is 46.2 Å². The molecule has 0 aromatic carbocycles. The van der Waals surface area contributed by atoms with Crippen LogP contribution in [0.25, 0.3) is 0 Å². The Morgan fingerprint density at radius 1 is 0.600 bits per heavy atom. The van der Waals surface area contributed by atoms with Gasteiger partial charge in [-0.25, -0.2) is 14.4 Å². The number of aromatic carboxylic acids is 3. The van der Waals surface area contributed by atoms with Crippen molar-refractivity contribution in [3.63, 3.8) is 0 Å². The number of carbonyl (C=O) groups is 3. The summed E-state index contributed by atoms with van der Waals surface area (Å²) >= 11 is 0. The largest absolute Gasteiger partial charge is 0.475 e. The Hall–Kier alpha value is -3.87. The molecule has 19 heteroatoms. The summed E-state index contributed by atoms with van der Waals surface area (Å²) in [5.41, 5.74) is 0. The van der Waals surface area contributed by atoms with E-state index in [4.69, 9.17) is 15.3 Å². The molecule has 0 fully saturated rings. The van der Waals surface area contributed by atoms with E-state index in [1.807, 2.05) is 15.6 Å². The third-order valence-corrected chi connectivity index (χ3v) is 1.61. The minimum atomic E-state index is -1.18. The first-order valence-electron chi connectivity index (χ1n) is 5.32. The van der Waals surface area contributed by atoms with E-state index >= 15 is 0 Å². The zero-order valence-corrected chi connectivity index (χ0v) is 12.5. The molecule has 0 saturated carbocycles. The molecule has 3 aromatic heterocycles. The zero-order chi connectivity index (χ0) is 17.9. The van der Waals surface area contributed by atoms with E-state index in [0.29, 0.717) is 0 Å². The number of nitrogens with zero attached hydrogens (tertiary/aromatic N) is 9. The molecule has 3 rings (SSSR count).